The lowest BCUT2D eigenvalue weighted by Crippen LogP contribution is -2.21. The summed E-state index contributed by atoms with van der Waals surface area (Å²) in [5, 5.41) is 8.88. The lowest BCUT2D eigenvalue weighted by Gasteiger charge is -2.18. The third-order valence-corrected chi connectivity index (χ3v) is 2.15. The van der Waals surface area contributed by atoms with E-state index in [4.69, 9.17) is 21.4 Å². The third kappa shape index (κ3) is 2.54. The molecule has 0 aliphatic carbocycles. The summed E-state index contributed by atoms with van der Waals surface area (Å²) >= 11 is 5.57. The number of halogens is 4. The maximum atomic E-state index is 12.3. The Hall–Kier alpha value is -0.940. The van der Waals surface area contributed by atoms with Crippen molar-refractivity contribution >= 4 is 11.6 Å². The Morgan fingerprint density at radius 3 is 2.47 bits per heavy atom. The second-order valence-corrected chi connectivity index (χ2v) is 3.21. The highest BCUT2D eigenvalue weighted by atomic mass is 35.5. The first-order valence-corrected chi connectivity index (χ1v) is 4.33. The number of methoxy groups -OCH3 is 1. The molecule has 84 valence electrons. The Labute approximate surface area is 89.2 Å². The van der Waals surface area contributed by atoms with Crippen LogP contribution in [-0.4, -0.2) is 18.4 Å². The van der Waals surface area contributed by atoms with Gasteiger partial charge in [-0.15, -0.1) is 0 Å². The van der Waals surface area contributed by atoms with Gasteiger partial charge in [0.25, 0.3) is 0 Å². The van der Waals surface area contributed by atoms with E-state index >= 15 is 0 Å². The van der Waals surface area contributed by atoms with Gasteiger partial charge in [-0.25, -0.2) is 0 Å². The summed E-state index contributed by atoms with van der Waals surface area (Å²) in [7, 11) is 1.21. The van der Waals surface area contributed by atoms with Crippen LogP contribution < -0.4 is 4.74 Å². The van der Waals surface area contributed by atoms with E-state index in [-0.39, 0.29) is 10.8 Å². The number of alkyl halides is 3. The van der Waals surface area contributed by atoms with Crippen molar-refractivity contribution in [3.05, 3.63) is 28.8 Å². The lowest BCUT2D eigenvalue weighted by molar-refractivity contribution is -0.207. The normalized spacial score (nSPS) is 13.7. The molecule has 0 amide bonds. The third-order valence-electron chi connectivity index (χ3n) is 1.82. The molecular formula is C9H8ClF3O2. The first-order valence-electron chi connectivity index (χ1n) is 3.95. The van der Waals surface area contributed by atoms with Gasteiger partial charge in [0.1, 0.15) is 5.75 Å². The predicted octanol–water partition coefficient (Wildman–Crippen LogP) is 2.94. The first kappa shape index (κ1) is 12.1. The van der Waals surface area contributed by atoms with Crippen molar-refractivity contribution in [3.63, 3.8) is 0 Å². The number of hydrogen-bond donors (Lipinski definition) is 1. The van der Waals surface area contributed by atoms with Crippen LogP contribution in [0.1, 0.15) is 11.7 Å². The van der Waals surface area contributed by atoms with Crippen LogP contribution in [0.3, 0.4) is 0 Å². The van der Waals surface area contributed by atoms with Crippen molar-refractivity contribution in [1.82, 2.24) is 0 Å². The first-order chi connectivity index (χ1) is 6.88. The van der Waals surface area contributed by atoms with E-state index in [1.54, 1.807) is 0 Å². The Morgan fingerprint density at radius 1 is 1.40 bits per heavy atom. The summed E-state index contributed by atoms with van der Waals surface area (Å²) in [6.07, 6.45) is -7.40. The van der Waals surface area contributed by atoms with Crippen LogP contribution in [0.25, 0.3) is 0 Å². The zero-order valence-electron chi connectivity index (χ0n) is 7.68. The van der Waals surface area contributed by atoms with E-state index in [0.717, 1.165) is 0 Å². The maximum Gasteiger partial charge on any atom is 0.418 e. The van der Waals surface area contributed by atoms with Crippen LogP contribution in [0.5, 0.6) is 5.75 Å². The molecule has 1 atom stereocenters. The second kappa shape index (κ2) is 4.28. The van der Waals surface area contributed by atoms with Gasteiger partial charge in [0.2, 0.25) is 0 Å². The molecule has 1 rings (SSSR count). The van der Waals surface area contributed by atoms with Crippen molar-refractivity contribution in [2.75, 3.05) is 7.11 Å². The van der Waals surface area contributed by atoms with Crippen molar-refractivity contribution < 1.29 is 23.0 Å². The molecule has 0 aliphatic heterocycles. The van der Waals surface area contributed by atoms with E-state index in [2.05, 4.69) is 0 Å². The molecule has 1 aromatic carbocycles. The minimum absolute atomic E-state index is 0.0904. The fraction of sp³-hybridized carbons (Fsp3) is 0.333. The molecule has 2 nitrogen and oxygen atoms in total. The van der Waals surface area contributed by atoms with Crippen molar-refractivity contribution in [3.8, 4) is 5.75 Å². The molecule has 1 aromatic rings. The Morgan fingerprint density at radius 2 is 2.00 bits per heavy atom. The largest absolute Gasteiger partial charge is 0.496 e. The van der Waals surface area contributed by atoms with Crippen LogP contribution in [0, 0.1) is 0 Å². The molecule has 0 saturated heterocycles. The van der Waals surface area contributed by atoms with Crippen molar-refractivity contribution in [1.29, 1.82) is 0 Å². The molecule has 6 heteroatoms. The standard InChI is InChI=1S/C9H8ClF3O2/c1-15-6-4-2-3-5(10)7(6)8(14)9(11,12)13/h2-4,8,14H,1H3/t8-/m1/s1. The van der Waals surface area contributed by atoms with Gasteiger partial charge in [-0.3, -0.25) is 0 Å². The number of benzene rings is 1. The number of aliphatic hydroxyl groups excluding tert-OH is 1. The minimum atomic E-state index is -4.77. The Balaban J connectivity index is 3.23. The molecule has 0 aliphatic rings. The van der Waals surface area contributed by atoms with E-state index < -0.39 is 17.8 Å². The minimum Gasteiger partial charge on any atom is -0.496 e. The zero-order valence-corrected chi connectivity index (χ0v) is 8.43. The number of aliphatic hydroxyl groups is 1. The molecule has 0 fully saturated rings. The summed E-state index contributed by atoms with van der Waals surface area (Å²) in [5.74, 6) is -0.0904. The summed E-state index contributed by atoms with van der Waals surface area (Å²) in [6, 6.07) is 4.00. The lowest BCUT2D eigenvalue weighted by atomic mass is 10.1. The van der Waals surface area contributed by atoms with Crippen molar-refractivity contribution in [2.45, 2.75) is 12.3 Å². The predicted molar refractivity (Wildman–Crippen MR) is 49.0 cm³/mol. The summed E-state index contributed by atoms with van der Waals surface area (Å²) in [4.78, 5) is 0. The van der Waals surface area contributed by atoms with Gasteiger partial charge < -0.3 is 9.84 Å². The molecule has 0 spiro atoms. The van der Waals surface area contributed by atoms with Crippen LogP contribution in [0.2, 0.25) is 5.02 Å². The number of rotatable bonds is 2. The molecular weight excluding hydrogens is 233 g/mol. The van der Waals surface area contributed by atoms with Crippen LogP contribution in [0.15, 0.2) is 18.2 Å². The van der Waals surface area contributed by atoms with Gasteiger partial charge in [-0.1, -0.05) is 17.7 Å². The summed E-state index contributed by atoms with van der Waals surface area (Å²) in [6.45, 7) is 0. The Bertz CT molecular complexity index is 352. The molecule has 15 heavy (non-hydrogen) atoms. The van der Waals surface area contributed by atoms with Gasteiger partial charge in [-0.2, -0.15) is 13.2 Å². The zero-order chi connectivity index (χ0) is 11.6. The van der Waals surface area contributed by atoms with E-state index in [1.807, 2.05) is 0 Å². The fourth-order valence-electron chi connectivity index (χ4n) is 1.12. The number of ether oxygens (including phenoxy) is 1. The average molecular weight is 241 g/mol. The highest BCUT2D eigenvalue weighted by Gasteiger charge is 2.42. The molecule has 0 radical (unpaired) electrons. The smallest absolute Gasteiger partial charge is 0.418 e. The fourth-order valence-corrected chi connectivity index (χ4v) is 1.39. The maximum absolute atomic E-state index is 12.3. The average Bonchev–Trinajstić information content (AvgIpc) is 2.15. The van der Waals surface area contributed by atoms with Gasteiger partial charge in [0.05, 0.1) is 17.7 Å². The molecule has 0 unspecified atom stereocenters. The van der Waals surface area contributed by atoms with Gasteiger partial charge in [-0.05, 0) is 12.1 Å². The highest BCUT2D eigenvalue weighted by Crippen LogP contribution is 2.40. The topological polar surface area (TPSA) is 29.5 Å². The quantitative estimate of drug-likeness (QED) is 0.861. The van der Waals surface area contributed by atoms with Crippen molar-refractivity contribution in [2.24, 2.45) is 0 Å². The van der Waals surface area contributed by atoms with Gasteiger partial charge in [0.15, 0.2) is 6.10 Å². The SMILES string of the molecule is COc1cccc(Cl)c1[C@@H](O)C(F)(F)F. The molecule has 0 aromatic heterocycles. The van der Waals surface area contributed by atoms with E-state index in [1.165, 1.54) is 25.3 Å². The van der Waals surface area contributed by atoms with Crippen LogP contribution >= 0.6 is 11.6 Å². The van der Waals surface area contributed by atoms with Gasteiger partial charge in [0, 0.05) is 0 Å². The van der Waals surface area contributed by atoms with E-state index in [0.29, 0.717) is 0 Å². The van der Waals surface area contributed by atoms with Crippen LogP contribution in [0.4, 0.5) is 13.2 Å². The summed E-state index contributed by atoms with van der Waals surface area (Å²) < 4.78 is 41.5. The second-order valence-electron chi connectivity index (χ2n) is 2.80. The molecule has 0 saturated carbocycles. The molecule has 0 heterocycles. The van der Waals surface area contributed by atoms with E-state index in [9.17, 15) is 13.2 Å². The highest BCUT2D eigenvalue weighted by molar-refractivity contribution is 6.31. The molecule has 1 N–H and O–H groups in total. The Kier molecular flexibility index (Phi) is 3.46. The summed E-state index contributed by atoms with van der Waals surface area (Å²) in [5.41, 5.74) is -0.464. The molecule has 0 bridgehead atoms. The van der Waals surface area contributed by atoms with Crippen LogP contribution in [-0.2, 0) is 0 Å². The monoisotopic (exact) mass is 240 g/mol. The number of hydrogen-bond acceptors (Lipinski definition) is 2. The van der Waals surface area contributed by atoms with Gasteiger partial charge >= 0.3 is 6.18 Å².